The van der Waals surface area contributed by atoms with Crippen LogP contribution in [0, 0.1) is 12.8 Å². The Morgan fingerprint density at radius 1 is 1.42 bits per heavy atom. The fraction of sp³-hybridized carbons (Fsp3) is 0.533. The lowest BCUT2D eigenvalue weighted by Crippen LogP contribution is -2.39. The van der Waals surface area contributed by atoms with Crippen LogP contribution in [-0.4, -0.2) is 25.0 Å². The Hall–Kier alpha value is -1.55. The number of amides is 1. The Morgan fingerprint density at radius 2 is 2.16 bits per heavy atom. The zero-order chi connectivity index (χ0) is 13.7. The molecule has 1 saturated carbocycles. The van der Waals surface area contributed by atoms with Crippen LogP contribution in [0.15, 0.2) is 24.3 Å². The van der Waals surface area contributed by atoms with Gasteiger partial charge in [0, 0.05) is 31.2 Å². The maximum atomic E-state index is 11.7. The minimum Gasteiger partial charge on any atom is -0.384 e. The summed E-state index contributed by atoms with van der Waals surface area (Å²) in [6, 6.07) is 8.21. The fourth-order valence-electron chi connectivity index (χ4n) is 2.09. The lowest BCUT2D eigenvalue weighted by Gasteiger charge is -2.12. The molecule has 19 heavy (non-hydrogen) atoms. The fourth-order valence-corrected chi connectivity index (χ4v) is 2.09. The predicted molar refractivity (Wildman–Crippen MR) is 78.0 cm³/mol. The SMILES string of the molecule is Cc1ccccc1NCCC(=O)NCC(N)C1CC1. The van der Waals surface area contributed by atoms with Crippen molar-refractivity contribution in [3.63, 3.8) is 0 Å². The van der Waals surface area contributed by atoms with Gasteiger partial charge in [-0.05, 0) is 37.3 Å². The molecule has 1 atom stereocenters. The van der Waals surface area contributed by atoms with E-state index in [0.717, 1.165) is 5.69 Å². The molecule has 0 radical (unpaired) electrons. The van der Waals surface area contributed by atoms with Gasteiger partial charge in [0.25, 0.3) is 0 Å². The van der Waals surface area contributed by atoms with Gasteiger partial charge in [0.15, 0.2) is 0 Å². The molecule has 0 bridgehead atoms. The Bertz CT molecular complexity index is 429. The zero-order valence-electron chi connectivity index (χ0n) is 11.5. The van der Waals surface area contributed by atoms with Gasteiger partial charge in [-0.15, -0.1) is 0 Å². The second-order valence-corrected chi connectivity index (χ2v) is 5.30. The molecule has 104 valence electrons. The summed E-state index contributed by atoms with van der Waals surface area (Å²) < 4.78 is 0. The number of para-hydroxylation sites is 1. The minimum atomic E-state index is 0.0668. The van der Waals surface area contributed by atoms with Crippen LogP contribution in [0.3, 0.4) is 0 Å². The molecule has 0 saturated heterocycles. The molecule has 2 rings (SSSR count). The molecule has 0 heterocycles. The third-order valence-electron chi connectivity index (χ3n) is 3.58. The molecule has 0 aliphatic heterocycles. The second-order valence-electron chi connectivity index (χ2n) is 5.30. The maximum Gasteiger partial charge on any atom is 0.221 e. The van der Waals surface area contributed by atoms with Gasteiger partial charge in [-0.25, -0.2) is 0 Å². The summed E-state index contributed by atoms with van der Waals surface area (Å²) in [5.41, 5.74) is 8.22. The molecule has 1 aliphatic rings. The number of nitrogens with one attached hydrogen (secondary N) is 2. The average Bonchev–Trinajstić information content (AvgIpc) is 3.22. The first-order chi connectivity index (χ1) is 9.16. The predicted octanol–water partition coefficient (Wildman–Crippen LogP) is 1.65. The summed E-state index contributed by atoms with van der Waals surface area (Å²) in [7, 11) is 0. The number of nitrogens with two attached hydrogens (primary N) is 1. The van der Waals surface area contributed by atoms with Gasteiger partial charge in [-0.2, -0.15) is 0 Å². The number of benzene rings is 1. The molecule has 4 N–H and O–H groups in total. The topological polar surface area (TPSA) is 67.2 Å². The van der Waals surface area contributed by atoms with E-state index in [1.807, 2.05) is 18.2 Å². The monoisotopic (exact) mass is 261 g/mol. The Morgan fingerprint density at radius 3 is 2.84 bits per heavy atom. The summed E-state index contributed by atoms with van der Waals surface area (Å²) in [6.07, 6.45) is 2.91. The van der Waals surface area contributed by atoms with Crippen molar-refractivity contribution in [1.82, 2.24) is 5.32 Å². The minimum absolute atomic E-state index is 0.0668. The molecule has 1 fully saturated rings. The normalized spacial score (nSPS) is 15.9. The molecule has 1 aromatic rings. The second kappa shape index (κ2) is 6.57. The number of aryl methyl sites for hydroxylation is 1. The van der Waals surface area contributed by atoms with E-state index in [9.17, 15) is 4.79 Å². The van der Waals surface area contributed by atoms with Crippen molar-refractivity contribution in [2.24, 2.45) is 11.7 Å². The first-order valence-electron chi connectivity index (χ1n) is 6.98. The van der Waals surface area contributed by atoms with E-state index in [-0.39, 0.29) is 11.9 Å². The van der Waals surface area contributed by atoms with Crippen LogP contribution in [0.2, 0.25) is 0 Å². The van der Waals surface area contributed by atoms with Crippen LogP contribution in [0.1, 0.15) is 24.8 Å². The molecule has 4 heteroatoms. The third-order valence-corrected chi connectivity index (χ3v) is 3.58. The van der Waals surface area contributed by atoms with Crippen molar-refractivity contribution in [1.29, 1.82) is 0 Å². The van der Waals surface area contributed by atoms with Gasteiger partial charge in [0.1, 0.15) is 0 Å². The van der Waals surface area contributed by atoms with Crippen LogP contribution in [-0.2, 0) is 4.79 Å². The lowest BCUT2D eigenvalue weighted by molar-refractivity contribution is -0.120. The van der Waals surface area contributed by atoms with E-state index < -0.39 is 0 Å². The van der Waals surface area contributed by atoms with Crippen LogP contribution in [0.4, 0.5) is 5.69 Å². The van der Waals surface area contributed by atoms with E-state index >= 15 is 0 Å². The van der Waals surface area contributed by atoms with Crippen molar-refractivity contribution in [2.45, 2.75) is 32.2 Å². The molecular formula is C15H23N3O. The highest BCUT2D eigenvalue weighted by Crippen LogP contribution is 2.31. The van der Waals surface area contributed by atoms with Crippen LogP contribution >= 0.6 is 0 Å². The molecule has 1 amide bonds. The van der Waals surface area contributed by atoms with E-state index in [0.29, 0.717) is 25.4 Å². The largest absolute Gasteiger partial charge is 0.384 e. The van der Waals surface area contributed by atoms with E-state index in [1.165, 1.54) is 18.4 Å². The van der Waals surface area contributed by atoms with Crippen LogP contribution < -0.4 is 16.4 Å². The average molecular weight is 261 g/mol. The van der Waals surface area contributed by atoms with Gasteiger partial charge in [0.2, 0.25) is 5.91 Å². The Kier molecular flexibility index (Phi) is 4.80. The Balaban J connectivity index is 1.62. The smallest absolute Gasteiger partial charge is 0.221 e. The van der Waals surface area contributed by atoms with Gasteiger partial charge < -0.3 is 16.4 Å². The number of rotatable bonds is 7. The summed E-state index contributed by atoms with van der Waals surface area (Å²) in [4.78, 5) is 11.7. The standard InChI is InChI=1S/C15H23N3O/c1-11-4-2-3-5-14(11)17-9-8-15(19)18-10-13(16)12-6-7-12/h2-5,12-13,17H,6-10,16H2,1H3,(H,18,19). The summed E-state index contributed by atoms with van der Waals surface area (Å²) in [5.74, 6) is 0.697. The third kappa shape index (κ3) is 4.56. The van der Waals surface area contributed by atoms with E-state index in [4.69, 9.17) is 5.73 Å². The van der Waals surface area contributed by atoms with Crippen LogP contribution in [0.25, 0.3) is 0 Å². The molecule has 1 unspecified atom stereocenters. The maximum absolute atomic E-state index is 11.7. The van der Waals surface area contributed by atoms with Crippen molar-refractivity contribution in [3.05, 3.63) is 29.8 Å². The molecule has 0 aromatic heterocycles. The quantitative estimate of drug-likeness (QED) is 0.699. The Labute approximate surface area is 114 Å². The van der Waals surface area contributed by atoms with E-state index in [2.05, 4.69) is 23.6 Å². The molecule has 1 aromatic carbocycles. The van der Waals surface area contributed by atoms with Gasteiger partial charge in [-0.3, -0.25) is 4.79 Å². The first kappa shape index (κ1) is 13.9. The van der Waals surface area contributed by atoms with Crippen molar-refractivity contribution in [2.75, 3.05) is 18.4 Å². The summed E-state index contributed by atoms with van der Waals surface area (Å²) >= 11 is 0. The summed E-state index contributed by atoms with van der Waals surface area (Å²) in [6.45, 7) is 3.31. The number of anilines is 1. The summed E-state index contributed by atoms with van der Waals surface area (Å²) in [5, 5.41) is 6.18. The lowest BCUT2D eigenvalue weighted by atomic mass is 10.2. The molecular weight excluding hydrogens is 238 g/mol. The number of carbonyl (C=O) groups excluding carboxylic acids is 1. The van der Waals surface area contributed by atoms with Crippen molar-refractivity contribution in [3.8, 4) is 0 Å². The van der Waals surface area contributed by atoms with Gasteiger partial charge in [-0.1, -0.05) is 18.2 Å². The highest BCUT2D eigenvalue weighted by molar-refractivity contribution is 5.76. The number of hydrogen-bond donors (Lipinski definition) is 3. The van der Waals surface area contributed by atoms with Crippen molar-refractivity contribution < 1.29 is 4.79 Å². The molecule has 0 spiro atoms. The van der Waals surface area contributed by atoms with Crippen LogP contribution in [0.5, 0.6) is 0 Å². The highest BCUT2D eigenvalue weighted by Gasteiger charge is 2.28. The number of carbonyl (C=O) groups is 1. The number of hydrogen-bond acceptors (Lipinski definition) is 3. The van der Waals surface area contributed by atoms with Gasteiger partial charge in [0.05, 0.1) is 0 Å². The molecule has 4 nitrogen and oxygen atoms in total. The zero-order valence-corrected chi connectivity index (χ0v) is 11.5. The van der Waals surface area contributed by atoms with E-state index in [1.54, 1.807) is 0 Å². The highest BCUT2D eigenvalue weighted by atomic mass is 16.1. The molecule has 1 aliphatic carbocycles. The van der Waals surface area contributed by atoms with Gasteiger partial charge >= 0.3 is 0 Å². The first-order valence-corrected chi connectivity index (χ1v) is 6.98. The van der Waals surface area contributed by atoms with Crippen molar-refractivity contribution >= 4 is 11.6 Å².